The van der Waals surface area contributed by atoms with Crippen molar-refractivity contribution >= 4 is 5.97 Å². The molecule has 0 aliphatic carbocycles. The van der Waals surface area contributed by atoms with Crippen LogP contribution in [0.1, 0.15) is 162 Å². The van der Waals surface area contributed by atoms with Crippen LogP contribution in [0.4, 0.5) is 0 Å². The summed E-state index contributed by atoms with van der Waals surface area (Å²) in [5.41, 5.74) is 0. The Balaban J connectivity index is 4.20. The minimum Gasteiger partial charge on any atom is -0.465 e. The van der Waals surface area contributed by atoms with Crippen molar-refractivity contribution in [2.24, 2.45) is 5.92 Å². The monoisotopic (exact) mass is 570 g/mol. The number of hydrogen-bond acceptors (Lipinski definition) is 5. The highest BCUT2D eigenvalue weighted by atomic mass is 16.5. The Bertz CT molecular complexity index is 502. The fourth-order valence-corrected chi connectivity index (χ4v) is 5.48. The molecule has 0 heterocycles. The van der Waals surface area contributed by atoms with Gasteiger partial charge in [0.05, 0.1) is 12.5 Å². The van der Waals surface area contributed by atoms with Crippen molar-refractivity contribution in [1.29, 1.82) is 0 Å². The van der Waals surface area contributed by atoms with Gasteiger partial charge in [-0.2, -0.15) is 0 Å². The predicted octanol–water partition coefficient (Wildman–Crippen LogP) is 9.75. The van der Waals surface area contributed by atoms with Crippen LogP contribution >= 0.6 is 0 Å². The molecule has 5 heteroatoms. The van der Waals surface area contributed by atoms with Gasteiger partial charge in [0.2, 0.25) is 0 Å². The number of methoxy groups -OCH3 is 2. The van der Waals surface area contributed by atoms with Gasteiger partial charge in [-0.05, 0) is 71.0 Å². The quantitative estimate of drug-likeness (QED) is 0.0581. The summed E-state index contributed by atoms with van der Waals surface area (Å²) in [4.78, 5) is 15.5. The van der Waals surface area contributed by atoms with Gasteiger partial charge in [-0.25, -0.2) is 0 Å². The third-order valence-corrected chi connectivity index (χ3v) is 8.15. The average Bonchev–Trinajstić information content (AvgIpc) is 2.96. The molecule has 0 bridgehead atoms. The number of nitrogens with zero attached hydrogens (tertiary/aromatic N) is 1. The summed E-state index contributed by atoms with van der Waals surface area (Å²) >= 11 is 0. The van der Waals surface area contributed by atoms with Gasteiger partial charge >= 0.3 is 5.97 Å². The van der Waals surface area contributed by atoms with Crippen molar-refractivity contribution in [3.8, 4) is 0 Å². The number of ether oxygens (including phenoxy) is 3. The van der Waals surface area contributed by atoms with Crippen molar-refractivity contribution in [3.63, 3.8) is 0 Å². The van der Waals surface area contributed by atoms with E-state index in [1.165, 1.54) is 135 Å². The Hall–Kier alpha value is -0.650. The maximum atomic E-state index is 12.9. The Morgan fingerprint density at radius 1 is 0.500 bits per heavy atom. The maximum Gasteiger partial charge on any atom is 0.308 e. The summed E-state index contributed by atoms with van der Waals surface area (Å²) in [6.07, 6.45) is 28.0. The second-order valence-electron chi connectivity index (χ2n) is 12.0. The third kappa shape index (κ3) is 27.5. The van der Waals surface area contributed by atoms with E-state index < -0.39 is 0 Å². The summed E-state index contributed by atoms with van der Waals surface area (Å²) < 4.78 is 16.2. The van der Waals surface area contributed by atoms with Crippen molar-refractivity contribution in [2.45, 2.75) is 162 Å². The van der Waals surface area contributed by atoms with E-state index in [0.717, 1.165) is 45.3 Å². The molecular formula is C35H71NO4. The van der Waals surface area contributed by atoms with E-state index in [9.17, 15) is 4.79 Å². The molecule has 0 aromatic carbocycles. The summed E-state index contributed by atoms with van der Waals surface area (Å²) in [6, 6.07) is 0. The Labute approximate surface area is 250 Å². The minimum absolute atomic E-state index is 0.0804. The largest absolute Gasteiger partial charge is 0.465 e. The van der Waals surface area contributed by atoms with Crippen molar-refractivity contribution in [3.05, 3.63) is 0 Å². The molecule has 0 saturated heterocycles. The lowest BCUT2D eigenvalue weighted by Gasteiger charge is -2.22. The molecule has 0 saturated carbocycles. The third-order valence-electron chi connectivity index (χ3n) is 8.15. The number of rotatable bonds is 33. The molecule has 40 heavy (non-hydrogen) atoms. The summed E-state index contributed by atoms with van der Waals surface area (Å²) in [5.74, 6) is 0.200. The second kappa shape index (κ2) is 32.9. The molecular weight excluding hydrogens is 498 g/mol. The molecule has 1 atom stereocenters. The van der Waals surface area contributed by atoms with Gasteiger partial charge in [0.25, 0.3) is 0 Å². The number of esters is 1. The number of carbonyl (C=O) groups is 1. The van der Waals surface area contributed by atoms with Crippen LogP contribution < -0.4 is 0 Å². The van der Waals surface area contributed by atoms with E-state index in [2.05, 4.69) is 18.7 Å². The standard InChI is InChI=1S/C35H71NO4/c1-5-7-9-11-13-19-27-34(26-18-12-10-8-6-2)35(37)40-33-24-17-15-21-29-36(30-22-25-32-39-4)28-20-14-16-23-31-38-3/h34H,5-33H2,1-4H3. The molecule has 240 valence electrons. The molecule has 0 spiro atoms. The lowest BCUT2D eigenvalue weighted by atomic mass is 9.94. The van der Waals surface area contributed by atoms with Gasteiger partial charge in [-0.3, -0.25) is 4.79 Å². The average molecular weight is 570 g/mol. The molecule has 0 fully saturated rings. The smallest absolute Gasteiger partial charge is 0.308 e. The van der Waals surface area contributed by atoms with Gasteiger partial charge in [0.1, 0.15) is 0 Å². The summed E-state index contributed by atoms with van der Waals surface area (Å²) in [6.45, 7) is 10.4. The van der Waals surface area contributed by atoms with E-state index in [-0.39, 0.29) is 11.9 Å². The van der Waals surface area contributed by atoms with E-state index in [4.69, 9.17) is 14.2 Å². The van der Waals surface area contributed by atoms with Crippen LogP contribution in [-0.2, 0) is 19.0 Å². The lowest BCUT2D eigenvalue weighted by Crippen LogP contribution is -2.27. The number of unbranched alkanes of at least 4 members (excludes halogenated alkanes) is 16. The number of hydrogen-bond donors (Lipinski definition) is 0. The topological polar surface area (TPSA) is 48.0 Å². The highest BCUT2D eigenvalue weighted by Crippen LogP contribution is 2.21. The Morgan fingerprint density at radius 2 is 0.875 bits per heavy atom. The first-order valence-electron chi connectivity index (χ1n) is 17.6. The summed E-state index contributed by atoms with van der Waals surface area (Å²) in [7, 11) is 3.58. The van der Waals surface area contributed by atoms with Gasteiger partial charge in [-0.15, -0.1) is 0 Å². The van der Waals surface area contributed by atoms with Crippen LogP contribution in [0.2, 0.25) is 0 Å². The zero-order valence-electron chi connectivity index (χ0n) is 27.7. The lowest BCUT2D eigenvalue weighted by molar-refractivity contribution is -0.149. The molecule has 1 unspecified atom stereocenters. The maximum absolute atomic E-state index is 12.9. The van der Waals surface area contributed by atoms with Crippen LogP contribution in [0, 0.1) is 5.92 Å². The van der Waals surface area contributed by atoms with E-state index >= 15 is 0 Å². The highest BCUT2D eigenvalue weighted by molar-refractivity contribution is 5.72. The SMILES string of the molecule is CCCCCCCCC(CCCCCCC)C(=O)OCCCCCCN(CCCCCCOC)CCCCOC. The van der Waals surface area contributed by atoms with Crippen LogP contribution in [0.15, 0.2) is 0 Å². The first-order valence-corrected chi connectivity index (χ1v) is 17.6. The molecule has 0 aliphatic heterocycles. The zero-order chi connectivity index (χ0) is 29.4. The van der Waals surface area contributed by atoms with E-state index in [0.29, 0.717) is 6.61 Å². The van der Waals surface area contributed by atoms with E-state index in [1.54, 1.807) is 14.2 Å². The fourth-order valence-electron chi connectivity index (χ4n) is 5.48. The molecule has 0 aromatic rings. The van der Waals surface area contributed by atoms with Gasteiger partial charge < -0.3 is 19.1 Å². The fraction of sp³-hybridized carbons (Fsp3) is 0.971. The van der Waals surface area contributed by atoms with Gasteiger partial charge in [-0.1, -0.05) is 110 Å². The molecule has 0 aromatic heterocycles. The van der Waals surface area contributed by atoms with Crippen LogP contribution in [-0.4, -0.2) is 64.5 Å². The first-order chi connectivity index (χ1) is 19.7. The van der Waals surface area contributed by atoms with Crippen molar-refractivity contribution in [1.82, 2.24) is 4.90 Å². The highest BCUT2D eigenvalue weighted by Gasteiger charge is 2.19. The molecule has 0 amide bonds. The van der Waals surface area contributed by atoms with Crippen molar-refractivity contribution < 1.29 is 19.0 Å². The van der Waals surface area contributed by atoms with Crippen LogP contribution in [0.3, 0.4) is 0 Å². The first kappa shape index (κ1) is 39.4. The number of carbonyl (C=O) groups excluding carboxylic acids is 1. The Kier molecular flexibility index (Phi) is 32.3. The molecule has 0 N–H and O–H groups in total. The van der Waals surface area contributed by atoms with Gasteiger partial charge in [0, 0.05) is 27.4 Å². The van der Waals surface area contributed by atoms with Gasteiger partial charge in [0.15, 0.2) is 0 Å². The predicted molar refractivity (Wildman–Crippen MR) is 172 cm³/mol. The second-order valence-corrected chi connectivity index (χ2v) is 12.0. The normalized spacial score (nSPS) is 12.3. The zero-order valence-corrected chi connectivity index (χ0v) is 27.7. The molecule has 5 nitrogen and oxygen atoms in total. The Morgan fingerprint density at radius 3 is 1.38 bits per heavy atom. The molecule has 0 rings (SSSR count). The van der Waals surface area contributed by atoms with Crippen molar-refractivity contribution in [2.75, 3.05) is 53.7 Å². The molecule has 0 radical (unpaired) electrons. The van der Waals surface area contributed by atoms with E-state index in [1.807, 2.05) is 0 Å². The van der Waals surface area contributed by atoms with Crippen LogP contribution in [0.25, 0.3) is 0 Å². The molecule has 0 aliphatic rings. The van der Waals surface area contributed by atoms with Crippen LogP contribution in [0.5, 0.6) is 0 Å². The summed E-state index contributed by atoms with van der Waals surface area (Å²) in [5, 5.41) is 0. The minimum atomic E-state index is 0.0804.